The Morgan fingerprint density at radius 2 is 2.06 bits per heavy atom. The summed E-state index contributed by atoms with van der Waals surface area (Å²) in [6.45, 7) is 6.97. The second kappa shape index (κ2) is 7.57. The highest BCUT2D eigenvalue weighted by molar-refractivity contribution is 7.80. The van der Waals surface area contributed by atoms with E-state index in [2.05, 4.69) is 0 Å². The minimum atomic E-state index is -0.353. The van der Waals surface area contributed by atoms with Crippen molar-refractivity contribution in [3.8, 4) is 0 Å². The molecule has 0 aliphatic carbocycles. The molecule has 94 valence electrons. The SMILES string of the molecule is CCC(C(=O)N(CC)C(C)COC)C(N)=S. The number of carbonyl (C=O) groups excluding carboxylic acids is 1. The average molecular weight is 246 g/mol. The van der Waals surface area contributed by atoms with Gasteiger partial charge in [-0.15, -0.1) is 0 Å². The van der Waals surface area contributed by atoms with Gasteiger partial charge in [-0.2, -0.15) is 0 Å². The Labute approximate surface area is 103 Å². The third-order valence-corrected chi connectivity index (χ3v) is 2.90. The largest absolute Gasteiger partial charge is 0.393 e. The predicted molar refractivity (Wildman–Crippen MR) is 69.3 cm³/mol. The first-order valence-corrected chi connectivity index (χ1v) is 5.99. The Hall–Kier alpha value is -0.680. The lowest BCUT2D eigenvalue weighted by Gasteiger charge is -2.30. The molecule has 2 unspecified atom stereocenters. The summed E-state index contributed by atoms with van der Waals surface area (Å²) in [6, 6.07) is 0.0471. The maximum atomic E-state index is 12.2. The minimum Gasteiger partial charge on any atom is -0.393 e. The van der Waals surface area contributed by atoms with Crippen molar-refractivity contribution in [1.29, 1.82) is 0 Å². The van der Waals surface area contributed by atoms with Gasteiger partial charge >= 0.3 is 0 Å². The molecule has 2 N–H and O–H groups in total. The van der Waals surface area contributed by atoms with Gasteiger partial charge in [0.05, 0.1) is 23.6 Å². The van der Waals surface area contributed by atoms with E-state index in [-0.39, 0.29) is 22.9 Å². The molecule has 5 heteroatoms. The van der Waals surface area contributed by atoms with Crippen LogP contribution in [0.1, 0.15) is 27.2 Å². The second-order valence-corrected chi connectivity index (χ2v) is 4.26. The van der Waals surface area contributed by atoms with E-state index >= 15 is 0 Å². The van der Waals surface area contributed by atoms with Crippen molar-refractivity contribution < 1.29 is 9.53 Å². The Morgan fingerprint density at radius 3 is 2.38 bits per heavy atom. The summed E-state index contributed by atoms with van der Waals surface area (Å²) in [5.74, 6) is -0.351. The molecule has 0 aliphatic heterocycles. The number of hydrogen-bond acceptors (Lipinski definition) is 3. The first kappa shape index (κ1) is 15.3. The molecule has 0 saturated carbocycles. The molecule has 0 rings (SSSR count). The lowest BCUT2D eigenvalue weighted by Crippen LogP contribution is -2.46. The van der Waals surface area contributed by atoms with Gasteiger partial charge in [-0.1, -0.05) is 19.1 Å². The number of ether oxygens (including phenoxy) is 1. The first-order valence-electron chi connectivity index (χ1n) is 5.58. The fourth-order valence-corrected chi connectivity index (χ4v) is 1.98. The van der Waals surface area contributed by atoms with E-state index in [1.54, 1.807) is 12.0 Å². The number of thiocarbonyl (C=S) groups is 1. The summed E-state index contributed by atoms with van der Waals surface area (Å²) < 4.78 is 5.05. The van der Waals surface area contributed by atoms with Gasteiger partial charge in [0.1, 0.15) is 0 Å². The van der Waals surface area contributed by atoms with Crippen LogP contribution in [0.15, 0.2) is 0 Å². The standard InChI is InChI=1S/C11H22N2O2S/c1-5-9(10(12)16)11(14)13(6-2)8(3)7-15-4/h8-9H,5-7H2,1-4H3,(H2,12,16). The summed E-state index contributed by atoms with van der Waals surface area (Å²) >= 11 is 4.91. The number of nitrogens with two attached hydrogens (primary N) is 1. The van der Waals surface area contributed by atoms with Crippen molar-refractivity contribution in [3.63, 3.8) is 0 Å². The van der Waals surface area contributed by atoms with E-state index < -0.39 is 0 Å². The van der Waals surface area contributed by atoms with E-state index in [1.807, 2.05) is 20.8 Å². The lowest BCUT2D eigenvalue weighted by molar-refractivity contribution is -0.136. The van der Waals surface area contributed by atoms with Crippen molar-refractivity contribution in [2.45, 2.75) is 33.2 Å². The predicted octanol–water partition coefficient (Wildman–Crippen LogP) is 1.18. The van der Waals surface area contributed by atoms with Crippen molar-refractivity contribution in [2.75, 3.05) is 20.3 Å². The van der Waals surface area contributed by atoms with Crippen LogP contribution < -0.4 is 5.73 Å². The quantitative estimate of drug-likeness (QED) is 0.685. The number of carbonyl (C=O) groups is 1. The molecule has 0 bridgehead atoms. The highest BCUT2D eigenvalue weighted by Gasteiger charge is 2.27. The fraction of sp³-hybridized carbons (Fsp3) is 0.818. The van der Waals surface area contributed by atoms with Crippen LogP contribution in [-0.4, -0.2) is 42.1 Å². The molecule has 4 nitrogen and oxygen atoms in total. The van der Waals surface area contributed by atoms with Crippen LogP contribution in [0.25, 0.3) is 0 Å². The molecule has 0 spiro atoms. The molecular weight excluding hydrogens is 224 g/mol. The van der Waals surface area contributed by atoms with E-state index in [0.29, 0.717) is 19.6 Å². The van der Waals surface area contributed by atoms with Crippen LogP contribution in [0.5, 0.6) is 0 Å². The topological polar surface area (TPSA) is 55.6 Å². The molecule has 0 heterocycles. The van der Waals surface area contributed by atoms with Crippen LogP contribution >= 0.6 is 12.2 Å². The van der Waals surface area contributed by atoms with Gasteiger partial charge in [-0.05, 0) is 20.3 Å². The van der Waals surface area contributed by atoms with Crippen molar-refractivity contribution in [3.05, 3.63) is 0 Å². The van der Waals surface area contributed by atoms with Crippen molar-refractivity contribution in [1.82, 2.24) is 4.90 Å². The number of likely N-dealkylation sites (N-methyl/N-ethyl adjacent to an activating group) is 1. The van der Waals surface area contributed by atoms with Gasteiger partial charge in [-0.3, -0.25) is 4.79 Å². The monoisotopic (exact) mass is 246 g/mol. The van der Waals surface area contributed by atoms with E-state index in [4.69, 9.17) is 22.7 Å². The molecule has 0 aromatic heterocycles. The van der Waals surface area contributed by atoms with E-state index in [1.165, 1.54) is 0 Å². The van der Waals surface area contributed by atoms with Crippen LogP contribution in [0.3, 0.4) is 0 Å². The Balaban J connectivity index is 4.68. The van der Waals surface area contributed by atoms with Gasteiger partial charge < -0.3 is 15.4 Å². The summed E-state index contributed by atoms with van der Waals surface area (Å²) in [7, 11) is 1.62. The van der Waals surface area contributed by atoms with Crippen molar-refractivity contribution in [2.24, 2.45) is 11.7 Å². The van der Waals surface area contributed by atoms with Gasteiger partial charge in [0.15, 0.2) is 0 Å². The first-order chi connectivity index (χ1) is 7.49. The van der Waals surface area contributed by atoms with Gasteiger partial charge in [0.25, 0.3) is 0 Å². The molecule has 0 aromatic rings. The summed E-state index contributed by atoms with van der Waals surface area (Å²) in [4.78, 5) is 14.2. The Kier molecular flexibility index (Phi) is 7.25. The van der Waals surface area contributed by atoms with Gasteiger partial charge in [0, 0.05) is 13.7 Å². The lowest BCUT2D eigenvalue weighted by atomic mass is 10.0. The smallest absolute Gasteiger partial charge is 0.232 e. The molecule has 2 atom stereocenters. The third-order valence-electron chi connectivity index (χ3n) is 2.61. The summed E-state index contributed by atoms with van der Waals surface area (Å²) in [5, 5.41) is 0. The molecule has 0 saturated heterocycles. The van der Waals surface area contributed by atoms with Crippen LogP contribution in [0, 0.1) is 5.92 Å². The molecule has 0 fully saturated rings. The van der Waals surface area contributed by atoms with Crippen molar-refractivity contribution >= 4 is 23.1 Å². The fourth-order valence-electron chi connectivity index (χ4n) is 1.71. The van der Waals surface area contributed by atoms with E-state index in [0.717, 1.165) is 0 Å². The molecule has 1 amide bonds. The maximum Gasteiger partial charge on any atom is 0.232 e. The molecule has 0 radical (unpaired) electrons. The highest BCUT2D eigenvalue weighted by atomic mass is 32.1. The normalized spacial score (nSPS) is 14.2. The maximum absolute atomic E-state index is 12.2. The molecular formula is C11H22N2O2S. The summed E-state index contributed by atoms with van der Waals surface area (Å²) in [6.07, 6.45) is 0.643. The second-order valence-electron chi connectivity index (χ2n) is 3.79. The zero-order valence-electron chi connectivity index (χ0n) is 10.5. The van der Waals surface area contributed by atoms with Gasteiger partial charge in [0.2, 0.25) is 5.91 Å². The highest BCUT2D eigenvalue weighted by Crippen LogP contribution is 2.11. The number of amides is 1. The average Bonchev–Trinajstić information content (AvgIpc) is 2.19. The zero-order chi connectivity index (χ0) is 12.7. The number of hydrogen-bond donors (Lipinski definition) is 1. The van der Waals surface area contributed by atoms with Crippen LogP contribution in [-0.2, 0) is 9.53 Å². The molecule has 0 aromatic carbocycles. The van der Waals surface area contributed by atoms with Crippen LogP contribution in [0.2, 0.25) is 0 Å². The number of methoxy groups -OCH3 is 1. The number of nitrogens with zero attached hydrogens (tertiary/aromatic N) is 1. The van der Waals surface area contributed by atoms with E-state index in [9.17, 15) is 4.79 Å². The molecule has 16 heavy (non-hydrogen) atoms. The zero-order valence-corrected chi connectivity index (χ0v) is 11.3. The molecule has 0 aliphatic rings. The Morgan fingerprint density at radius 1 is 1.50 bits per heavy atom. The number of rotatable bonds is 7. The Bertz CT molecular complexity index is 246. The minimum absolute atomic E-state index is 0.00190. The van der Waals surface area contributed by atoms with Gasteiger partial charge in [-0.25, -0.2) is 0 Å². The summed E-state index contributed by atoms with van der Waals surface area (Å²) in [5.41, 5.74) is 5.57. The third kappa shape index (κ3) is 4.06. The van der Waals surface area contributed by atoms with Crippen LogP contribution in [0.4, 0.5) is 0 Å².